The Balaban J connectivity index is 1.21. The summed E-state index contributed by atoms with van der Waals surface area (Å²) in [5, 5.41) is 14.3. The van der Waals surface area contributed by atoms with Crippen LogP contribution < -0.4 is 15.6 Å². The molecule has 2 aliphatic heterocycles. The highest BCUT2D eigenvalue weighted by molar-refractivity contribution is 6.31. The van der Waals surface area contributed by atoms with Crippen molar-refractivity contribution in [2.24, 2.45) is 0 Å². The number of anilines is 1. The van der Waals surface area contributed by atoms with Crippen LogP contribution in [-0.4, -0.2) is 87.1 Å². The number of imide groups is 1. The predicted octanol–water partition coefficient (Wildman–Crippen LogP) is 3.73. The summed E-state index contributed by atoms with van der Waals surface area (Å²) in [6.07, 6.45) is 2.10. The minimum absolute atomic E-state index is 0.0143. The highest BCUT2D eigenvalue weighted by Gasteiger charge is 2.41. The summed E-state index contributed by atoms with van der Waals surface area (Å²) in [6, 6.07) is 8.47. The zero-order valence-electron chi connectivity index (χ0n) is 24.2. The molecule has 0 radical (unpaired) electrons. The van der Waals surface area contributed by atoms with Crippen molar-refractivity contribution in [1.29, 1.82) is 0 Å². The monoisotopic (exact) mass is 604 g/mol. The standard InChI is InChI=1S/C31H33ClN6O5/c1-16-4-5-22(32)17(2)27(16)43-15-19(39)14-34-23-6-9-33-29(40)26(23)28-35-24-12-20-21(13-25(24)36-28)31(42)38(30(20)41)18-7-10-37(3)11-8-18/h4-6,9,12-13,18-19,39H,7-8,10-11,14-15H2,1-3H3,(H,35,36)(H2,33,34,40)/t19-/m1/s1. The number of hydrogen-bond acceptors (Lipinski definition) is 8. The molecule has 2 aromatic heterocycles. The van der Waals surface area contributed by atoms with Crippen LogP contribution in [0.4, 0.5) is 5.69 Å². The van der Waals surface area contributed by atoms with Crippen LogP contribution in [0.15, 0.2) is 41.3 Å². The van der Waals surface area contributed by atoms with E-state index in [1.54, 1.807) is 24.3 Å². The lowest BCUT2D eigenvalue weighted by Crippen LogP contribution is -2.46. The van der Waals surface area contributed by atoms with Crippen molar-refractivity contribution < 1.29 is 19.4 Å². The van der Waals surface area contributed by atoms with Gasteiger partial charge in [-0.1, -0.05) is 17.7 Å². The Labute approximate surface area is 252 Å². The molecule has 0 unspecified atom stereocenters. The first kappa shape index (κ1) is 28.9. The zero-order valence-corrected chi connectivity index (χ0v) is 24.9. The normalized spacial score (nSPS) is 16.6. The summed E-state index contributed by atoms with van der Waals surface area (Å²) in [5.41, 5.74) is 3.66. The Kier molecular flexibility index (Phi) is 7.72. The predicted molar refractivity (Wildman–Crippen MR) is 164 cm³/mol. The first-order valence-electron chi connectivity index (χ1n) is 14.2. The highest BCUT2D eigenvalue weighted by atomic mass is 35.5. The van der Waals surface area contributed by atoms with E-state index in [4.69, 9.17) is 16.3 Å². The lowest BCUT2D eigenvalue weighted by Gasteiger charge is -2.33. The number of imidazole rings is 1. The fraction of sp³-hybridized carbons (Fsp3) is 0.355. The van der Waals surface area contributed by atoms with Crippen LogP contribution in [0.1, 0.15) is 44.7 Å². The van der Waals surface area contributed by atoms with Crippen LogP contribution in [0.2, 0.25) is 5.02 Å². The Bertz CT molecular complexity index is 1740. The number of halogens is 1. The van der Waals surface area contributed by atoms with Crippen LogP contribution in [0.25, 0.3) is 22.4 Å². The Morgan fingerprint density at radius 1 is 1.12 bits per heavy atom. The fourth-order valence-corrected chi connectivity index (χ4v) is 5.97. The van der Waals surface area contributed by atoms with E-state index in [0.717, 1.165) is 37.1 Å². The molecule has 2 amide bonds. The van der Waals surface area contributed by atoms with Crippen molar-refractivity contribution in [3.05, 3.63) is 74.2 Å². The minimum atomic E-state index is -0.895. The number of hydrogen-bond donors (Lipinski definition) is 4. The van der Waals surface area contributed by atoms with Crippen molar-refractivity contribution in [3.8, 4) is 17.1 Å². The maximum absolute atomic E-state index is 13.3. The number of amides is 2. The van der Waals surface area contributed by atoms with Gasteiger partial charge in [0.15, 0.2) is 0 Å². The number of piperidine rings is 1. The third kappa shape index (κ3) is 5.39. The summed E-state index contributed by atoms with van der Waals surface area (Å²) in [6.45, 7) is 5.54. The molecule has 11 nitrogen and oxygen atoms in total. The lowest BCUT2D eigenvalue weighted by atomic mass is 10.0. The number of aliphatic hydroxyl groups is 1. The van der Waals surface area contributed by atoms with Crippen LogP contribution in [-0.2, 0) is 0 Å². The van der Waals surface area contributed by atoms with Gasteiger partial charge in [-0.15, -0.1) is 0 Å². The van der Waals surface area contributed by atoms with E-state index in [1.807, 2.05) is 27.0 Å². The van der Waals surface area contributed by atoms with Gasteiger partial charge in [0, 0.05) is 29.4 Å². The molecular formula is C31H33ClN6O5. The van der Waals surface area contributed by atoms with Gasteiger partial charge in [-0.3, -0.25) is 19.3 Å². The molecule has 1 atom stereocenters. The SMILES string of the molecule is Cc1ccc(Cl)c(C)c1OC[C@H](O)CNc1cc[nH]c(=O)c1-c1nc2cc3c(cc2[nH]1)C(=O)N(C1CCN(C)CC1)C3=O. The Morgan fingerprint density at radius 2 is 1.84 bits per heavy atom. The van der Waals surface area contributed by atoms with Crippen LogP contribution in [0.5, 0.6) is 5.75 Å². The van der Waals surface area contributed by atoms with Gasteiger partial charge < -0.3 is 30.0 Å². The number of aryl methyl sites for hydroxylation is 1. The van der Waals surface area contributed by atoms with Gasteiger partial charge >= 0.3 is 0 Å². The molecule has 2 aromatic carbocycles. The van der Waals surface area contributed by atoms with Gasteiger partial charge in [-0.05, 0) is 76.7 Å². The topological polar surface area (TPSA) is 144 Å². The molecule has 2 aliphatic rings. The third-order valence-electron chi connectivity index (χ3n) is 8.26. The second kappa shape index (κ2) is 11.5. The van der Waals surface area contributed by atoms with Crippen LogP contribution in [0.3, 0.4) is 0 Å². The number of carbonyl (C=O) groups is 2. The number of fused-ring (bicyclic) bond motifs is 2. The summed E-state index contributed by atoms with van der Waals surface area (Å²) < 4.78 is 5.86. The van der Waals surface area contributed by atoms with Gasteiger partial charge in [-0.25, -0.2) is 4.98 Å². The molecule has 0 spiro atoms. The quantitative estimate of drug-likeness (QED) is 0.223. The first-order chi connectivity index (χ1) is 20.6. The summed E-state index contributed by atoms with van der Waals surface area (Å²) in [7, 11) is 2.03. The number of carbonyl (C=O) groups excluding carboxylic acids is 2. The molecule has 0 saturated carbocycles. The van der Waals surface area contributed by atoms with Crippen molar-refractivity contribution in [2.75, 3.05) is 38.6 Å². The van der Waals surface area contributed by atoms with E-state index in [2.05, 4.69) is 25.2 Å². The van der Waals surface area contributed by atoms with Crippen molar-refractivity contribution >= 4 is 40.1 Å². The maximum Gasteiger partial charge on any atom is 0.261 e. The van der Waals surface area contributed by atoms with E-state index in [9.17, 15) is 19.5 Å². The number of aromatic nitrogens is 3. The molecular weight excluding hydrogens is 572 g/mol. The lowest BCUT2D eigenvalue weighted by molar-refractivity contribution is 0.0516. The van der Waals surface area contributed by atoms with E-state index >= 15 is 0 Å². The minimum Gasteiger partial charge on any atom is -0.490 e. The molecule has 4 N–H and O–H groups in total. The van der Waals surface area contributed by atoms with Crippen molar-refractivity contribution in [2.45, 2.75) is 38.8 Å². The average molecular weight is 605 g/mol. The average Bonchev–Trinajstić information content (AvgIpc) is 3.50. The molecule has 0 bridgehead atoms. The number of aliphatic hydroxyl groups excluding tert-OH is 1. The van der Waals surface area contributed by atoms with Gasteiger partial charge in [0.25, 0.3) is 17.4 Å². The van der Waals surface area contributed by atoms with Gasteiger partial charge in [0.1, 0.15) is 29.8 Å². The number of aromatic amines is 2. The van der Waals surface area contributed by atoms with E-state index in [-0.39, 0.29) is 42.4 Å². The smallest absolute Gasteiger partial charge is 0.261 e. The number of rotatable bonds is 8. The van der Waals surface area contributed by atoms with Crippen LogP contribution >= 0.6 is 11.6 Å². The molecule has 43 heavy (non-hydrogen) atoms. The fourth-order valence-electron chi connectivity index (χ4n) is 5.82. The van der Waals surface area contributed by atoms with Crippen LogP contribution in [0, 0.1) is 13.8 Å². The Hall–Kier alpha value is -4.19. The third-order valence-corrected chi connectivity index (χ3v) is 8.66. The largest absolute Gasteiger partial charge is 0.490 e. The summed E-state index contributed by atoms with van der Waals surface area (Å²) in [4.78, 5) is 53.6. The number of benzene rings is 2. The molecule has 224 valence electrons. The number of nitrogens with one attached hydrogen (secondary N) is 3. The first-order valence-corrected chi connectivity index (χ1v) is 14.6. The molecule has 6 rings (SSSR count). The number of pyridine rings is 1. The Morgan fingerprint density at radius 3 is 2.58 bits per heavy atom. The number of likely N-dealkylation sites (tertiary alicyclic amines) is 1. The van der Waals surface area contributed by atoms with Gasteiger partial charge in [0.2, 0.25) is 0 Å². The van der Waals surface area contributed by atoms with E-state index in [1.165, 1.54) is 11.1 Å². The van der Waals surface area contributed by atoms with Crippen molar-refractivity contribution in [1.82, 2.24) is 24.8 Å². The van der Waals surface area contributed by atoms with E-state index < -0.39 is 11.7 Å². The zero-order chi connectivity index (χ0) is 30.4. The second-order valence-corrected chi connectivity index (χ2v) is 11.7. The van der Waals surface area contributed by atoms with Gasteiger partial charge in [-0.2, -0.15) is 0 Å². The molecule has 1 saturated heterocycles. The molecule has 4 heterocycles. The molecule has 1 fully saturated rings. The highest BCUT2D eigenvalue weighted by Crippen LogP contribution is 2.33. The summed E-state index contributed by atoms with van der Waals surface area (Å²) in [5.74, 6) is 0.294. The maximum atomic E-state index is 13.3. The molecule has 4 aromatic rings. The number of ether oxygens (including phenoxy) is 1. The summed E-state index contributed by atoms with van der Waals surface area (Å²) >= 11 is 6.21. The molecule has 0 aliphatic carbocycles. The number of H-pyrrole nitrogens is 2. The second-order valence-electron chi connectivity index (χ2n) is 11.3. The van der Waals surface area contributed by atoms with E-state index in [0.29, 0.717) is 38.6 Å². The number of nitrogens with zero attached hydrogens (tertiary/aromatic N) is 3. The molecule has 12 heteroatoms. The van der Waals surface area contributed by atoms with Gasteiger partial charge in [0.05, 0.1) is 27.8 Å². The van der Waals surface area contributed by atoms with Crippen molar-refractivity contribution in [3.63, 3.8) is 0 Å².